The molecule has 1 N–H and O–H groups in total. The summed E-state index contributed by atoms with van der Waals surface area (Å²) in [5, 5.41) is 12.9. The molecule has 0 unspecified atom stereocenters. The molecule has 0 saturated heterocycles. The van der Waals surface area contributed by atoms with Gasteiger partial charge in [0.1, 0.15) is 16.6 Å². The Kier molecular flexibility index (Phi) is 9.26. The van der Waals surface area contributed by atoms with Crippen molar-refractivity contribution in [1.82, 2.24) is 14.8 Å². The molecule has 1 aliphatic carbocycles. The lowest BCUT2D eigenvalue weighted by Gasteiger charge is -2.12. The van der Waals surface area contributed by atoms with Crippen molar-refractivity contribution in [3.8, 4) is 5.75 Å². The fourth-order valence-corrected chi connectivity index (χ4v) is 6.62. The number of anilines is 1. The van der Waals surface area contributed by atoms with E-state index in [0.717, 1.165) is 67.6 Å². The third kappa shape index (κ3) is 6.54. The first-order valence-corrected chi connectivity index (χ1v) is 14.5. The largest absolute Gasteiger partial charge is 0.496 e. The lowest BCUT2D eigenvalue weighted by Crippen LogP contribution is -2.17. The number of amides is 1. The average Bonchev–Trinajstić information content (AvgIpc) is 3.42. The molecular weight excluding hydrogens is 508 g/mol. The summed E-state index contributed by atoms with van der Waals surface area (Å²) < 4.78 is 12.6. The fourth-order valence-electron chi connectivity index (χ4n) is 4.60. The lowest BCUT2D eigenvalue weighted by atomic mass is 9.95. The summed E-state index contributed by atoms with van der Waals surface area (Å²) in [4.78, 5) is 26.6. The molecule has 1 aliphatic rings. The van der Waals surface area contributed by atoms with Crippen molar-refractivity contribution in [2.75, 3.05) is 24.8 Å². The van der Waals surface area contributed by atoms with Gasteiger partial charge in [-0.2, -0.15) is 0 Å². The maximum Gasteiger partial charge on any atom is 0.341 e. The molecule has 0 atom stereocenters. The van der Waals surface area contributed by atoms with E-state index in [-0.39, 0.29) is 17.6 Å². The number of benzene rings is 1. The zero-order chi connectivity index (χ0) is 26.4. The summed E-state index contributed by atoms with van der Waals surface area (Å²) in [5.41, 5.74) is 3.98. The third-order valence-corrected chi connectivity index (χ3v) is 8.71. The summed E-state index contributed by atoms with van der Waals surface area (Å²) in [6.45, 7) is 4.15. The number of nitrogens with zero attached hydrogens (tertiary/aromatic N) is 3. The summed E-state index contributed by atoms with van der Waals surface area (Å²) >= 11 is 2.84. The minimum atomic E-state index is -0.354. The van der Waals surface area contributed by atoms with E-state index in [1.807, 2.05) is 17.7 Å². The van der Waals surface area contributed by atoms with E-state index in [1.165, 1.54) is 33.5 Å². The number of hydrogen-bond donors (Lipinski definition) is 1. The van der Waals surface area contributed by atoms with Crippen LogP contribution in [0.3, 0.4) is 0 Å². The van der Waals surface area contributed by atoms with Crippen LogP contribution in [0, 0.1) is 6.92 Å². The highest BCUT2D eigenvalue weighted by atomic mass is 32.2. The Morgan fingerprint density at radius 1 is 1.19 bits per heavy atom. The first kappa shape index (κ1) is 27.2. The van der Waals surface area contributed by atoms with Crippen LogP contribution in [0.25, 0.3) is 0 Å². The number of aromatic nitrogens is 3. The topological polar surface area (TPSA) is 95.3 Å². The second-order valence-corrected chi connectivity index (χ2v) is 11.1. The van der Waals surface area contributed by atoms with E-state index in [2.05, 4.69) is 34.6 Å². The number of aryl methyl sites for hydroxylation is 4. The monoisotopic (exact) mass is 542 g/mol. The number of esters is 1. The molecule has 8 nitrogen and oxygen atoms in total. The Labute approximate surface area is 226 Å². The van der Waals surface area contributed by atoms with E-state index in [0.29, 0.717) is 22.3 Å². The Hall–Kier alpha value is -2.85. The number of fused-ring (bicyclic) bond motifs is 1. The maximum atomic E-state index is 12.8. The second-order valence-electron chi connectivity index (χ2n) is 9.09. The number of nitrogens with one attached hydrogen (secondary N) is 1. The smallest absolute Gasteiger partial charge is 0.341 e. The minimum Gasteiger partial charge on any atom is -0.496 e. The van der Waals surface area contributed by atoms with Crippen LogP contribution in [-0.4, -0.2) is 46.1 Å². The van der Waals surface area contributed by atoms with Crippen LogP contribution < -0.4 is 10.1 Å². The highest BCUT2D eigenvalue weighted by Crippen LogP contribution is 2.38. The van der Waals surface area contributed by atoms with Gasteiger partial charge in [0.2, 0.25) is 5.91 Å². The minimum absolute atomic E-state index is 0.173. The highest BCUT2D eigenvalue weighted by Gasteiger charge is 2.27. The van der Waals surface area contributed by atoms with Gasteiger partial charge in [-0.15, -0.1) is 21.5 Å². The molecule has 2 heterocycles. The number of thiophene rings is 1. The summed E-state index contributed by atoms with van der Waals surface area (Å²) in [7, 11) is 3.62. The third-order valence-electron chi connectivity index (χ3n) is 6.49. The zero-order valence-corrected chi connectivity index (χ0v) is 23.5. The van der Waals surface area contributed by atoms with E-state index in [1.54, 1.807) is 14.0 Å². The summed E-state index contributed by atoms with van der Waals surface area (Å²) in [5.74, 6) is 1.45. The van der Waals surface area contributed by atoms with Crippen LogP contribution in [-0.2, 0) is 42.3 Å². The number of carbonyl (C=O) groups excluding carboxylic acids is 2. The van der Waals surface area contributed by atoms with Gasteiger partial charge in [-0.05, 0) is 75.1 Å². The molecule has 0 aliphatic heterocycles. The molecular formula is C27H34N4O4S2. The molecule has 0 radical (unpaired) electrons. The average molecular weight is 543 g/mol. The molecule has 37 heavy (non-hydrogen) atoms. The normalized spacial score (nSPS) is 12.8. The van der Waals surface area contributed by atoms with Crippen LogP contribution in [0.4, 0.5) is 5.00 Å². The molecule has 10 heteroatoms. The van der Waals surface area contributed by atoms with Crippen molar-refractivity contribution in [3.63, 3.8) is 0 Å². The van der Waals surface area contributed by atoms with Gasteiger partial charge in [-0.25, -0.2) is 4.79 Å². The molecule has 1 amide bonds. The van der Waals surface area contributed by atoms with Gasteiger partial charge < -0.3 is 19.4 Å². The van der Waals surface area contributed by atoms with Crippen LogP contribution in [0.2, 0.25) is 0 Å². The fraction of sp³-hybridized carbons (Fsp3) is 0.481. The van der Waals surface area contributed by atoms with Gasteiger partial charge in [0, 0.05) is 18.3 Å². The first-order chi connectivity index (χ1) is 17.9. The molecule has 0 bridgehead atoms. The van der Waals surface area contributed by atoms with Gasteiger partial charge in [-0.1, -0.05) is 23.9 Å². The molecule has 0 saturated carbocycles. The van der Waals surface area contributed by atoms with Crippen molar-refractivity contribution in [2.24, 2.45) is 7.05 Å². The Morgan fingerprint density at radius 2 is 2.00 bits per heavy atom. The Bertz CT molecular complexity index is 1270. The standard InChI is InChI=1S/C27H34N4O4S2/c1-5-35-26(33)24-19-10-6-7-11-21(19)37-25(24)28-23(32)16-36-27-30-29-22(31(27)3)12-8-9-18-13-14-20(34-4)17(2)15-18/h13-15H,5-12,16H2,1-4H3,(H,28,32). The van der Waals surface area contributed by atoms with Crippen LogP contribution in [0.5, 0.6) is 5.75 Å². The lowest BCUT2D eigenvalue weighted by molar-refractivity contribution is -0.113. The van der Waals surface area contributed by atoms with E-state index >= 15 is 0 Å². The van der Waals surface area contributed by atoms with Gasteiger partial charge in [-0.3, -0.25) is 4.79 Å². The first-order valence-electron chi connectivity index (χ1n) is 12.7. The molecule has 2 aromatic heterocycles. The van der Waals surface area contributed by atoms with Crippen LogP contribution in [0.15, 0.2) is 23.4 Å². The number of thioether (sulfide) groups is 1. The van der Waals surface area contributed by atoms with Crippen molar-refractivity contribution >= 4 is 40.0 Å². The molecule has 198 valence electrons. The molecule has 4 rings (SSSR count). The Morgan fingerprint density at radius 3 is 2.76 bits per heavy atom. The number of carbonyl (C=O) groups is 2. The predicted octanol–water partition coefficient (Wildman–Crippen LogP) is 5.16. The van der Waals surface area contributed by atoms with Gasteiger partial charge in [0.15, 0.2) is 5.16 Å². The zero-order valence-electron chi connectivity index (χ0n) is 21.9. The van der Waals surface area contributed by atoms with Crippen LogP contribution >= 0.6 is 23.1 Å². The number of ether oxygens (including phenoxy) is 2. The highest BCUT2D eigenvalue weighted by molar-refractivity contribution is 7.99. The quantitative estimate of drug-likeness (QED) is 0.264. The molecule has 0 spiro atoms. The predicted molar refractivity (Wildman–Crippen MR) is 147 cm³/mol. The van der Waals surface area contributed by atoms with E-state index < -0.39 is 0 Å². The SMILES string of the molecule is CCOC(=O)c1c(NC(=O)CSc2nnc(CCCc3ccc(OC)c(C)c3)n2C)sc2c1CCCC2. The van der Waals surface area contributed by atoms with Gasteiger partial charge in [0.05, 0.1) is 25.0 Å². The Balaban J connectivity index is 1.32. The second kappa shape index (κ2) is 12.6. The number of methoxy groups -OCH3 is 1. The van der Waals surface area contributed by atoms with Crippen molar-refractivity contribution < 1.29 is 19.1 Å². The van der Waals surface area contributed by atoms with Gasteiger partial charge in [0.25, 0.3) is 0 Å². The van der Waals surface area contributed by atoms with E-state index in [9.17, 15) is 9.59 Å². The molecule has 1 aromatic carbocycles. The van der Waals surface area contributed by atoms with Gasteiger partial charge >= 0.3 is 5.97 Å². The summed E-state index contributed by atoms with van der Waals surface area (Å²) in [6.07, 6.45) is 6.63. The van der Waals surface area contributed by atoms with Crippen molar-refractivity contribution in [2.45, 2.75) is 63.9 Å². The van der Waals surface area contributed by atoms with Crippen molar-refractivity contribution in [1.29, 1.82) is 0 Å². The molecule has 0 fully saturated rings. The van der Waals surface area contributed by atoms with E-state index in [4.69, 9.17) is 9.47 Å². The molecule has 3 aromatic rings. The number of hydrogen-bond acceptors (Lipinski definition) is 8. The van der Waals surface area contributed by atoms with Crippen molar-refractivity contribution in [3.05, 3.63) is 51.2 Å². The summed E-state index contributed by atoms with van der Waals surface area (Å²) in [6, 6.07) is 6.26. The maximum absolute atomic E-state index is 12.8. The number of rotatable bonds is 11. The van der Waals surface area contributed by atoms with Crippen LogP contribution in [0.1, 0.15) is 63.9 Å².